The topological polar surface area (TPSA) is 12.0 Å². The molecule has 0 aromatic heterocycles. The zero-order chi connectivity index (χ0) is 13.7. The minimum Gasteiger partial charge on any atom is -0.306 e. The smallest absolute Gasteiger partial charge is 0.0550 e. The van der Waals surface area contributed by atoms with E-state index >= 15 is 0 Å². The fourth-order valence-corrected chi connectivity index (χ4v) is 3.37. The summed E-state index contributed by atoms with van der Waals surface area (Å²) in [7, 11) is 0. The van der Waals surface area contributed by atoms with Gasteiger partial charge in [-0.3, -0.25) is 0 Å². The SMILES string of the molecule is CCCNC(C1=CCCCC1)c1ccc(Br)cc1Cl. The van der Waals surface area contributed by atoms with Crippen LogP contribution >= 0.6 is 27.5 Å². The molecule has 0 fully saturated rings. The van der Waals surface area contributed by atoms with E-state index in [1.54, 1.807) is 0 Å². The maximum atomic E-state index is 6.43. The Morgan fingerprint density at radius 2 is 2.21 bits per heavy atom. The van der Waals surface area contributed by atoms with Gasteiger partial charge in [-0.05, 0) is 56.3 Å². The summed E-state index contributed by atoms with van der Waals surface area (Å²) in [6.45, 7) is 3.22. The summed E-state index contributed by atoms with van der Waals surface area (Å²) >= 11 is 9.90. The van der Waals surface area contributed by atoms with Gasteiger partial charge in [-0.1, -0.05) is 52.2 Å². The van der Waals surface area contributed by atoms with E-state index in [0.29, 0.717) is 0 Å². The van der Waals surface area contributed by atoms with E-state index in [1.165, 1.54) is 36.8 Å². The van der Waals surface area contributed by atoms with Crippen LogP contribution in [0.3, 0.4) is 0 Å². The van der Waals surface area contributed by atoms with Crippen molar-refractivity contribution in [2.24, 2.45) is 0 Å². The van der Waals surface area contributed by atoms with Crippen molar-refractivity contribution < 1.29 is 0 Å². The lowest BCUT2D eigenvalue weighted by Gasteiger charge is -2.26. The maximum absolute atomic E-state index is 6.43. The van der Waals surface area contributed by atoms with Crippen molar-refractivity contribution in [3.05, 3.63) is 44.9 Å². The average Bonchev–Trinajstić information content (AvgIpc) is 2.42. The predicted octanol–water partition coefficient (Wildman–Crippen LogP) is 5.64. The molecule has 0 spiro atoms. The van der Waals surface area contributed by atoms with Crippen molar-refractivity contribution in [2.75, 3.05) is 6.54 Å². The van der Waals surface area contributed by atoms with Crippen molar-refractivity contribution in [1.29, 1.82) is 0 Å². The number of halogens is 2. The summed E-state index contributed by atoms with van der Waals surface area (Å²) in [4.78, 5) is 0. The number of rotatable bonds is 5. The van der Waals surface area contributed by atoms with Crippen LogP contribution in [0.1, 0.15) is 50.6 Å². The fourth-order valence-electron chi connectivity index (χ4n) is 2.59. The minimum atomic E-state index is 0.279. The summed E-state index contributed by atoms with van der Waals surface area (Å²) in [5.74, 6) is 0. The van der Waals surface area contributed by atoms with Crippen molar-refractivity contribution in [3.63, 3.8) is 0 Å². The van der Waals surface area contributed by atoms with Crippen LogP contribution in [0.5, 0.6) is 0 Å². The zero-order valence-electron chi connectivity index (χ0n) is 11.4. The molecule has 0 radical (unpaired) electrons. The maximum Gasteiger partial charge on any atom is 0.0550 e. The lowest BCUT2D eigenvalue weighted by Crippen LogP contribution is -2.25. The van der Waals surface area contributed by atoms with Gasteiger partial charge in [0.2, 0.25) is 0 Å². The van der Waals surface area contributed by atoms with Crippen LogP contribution in [-0.2, 0) is 0 Å². The minimum absolute atomic E-state index is 0.279. The Bertz CT molecular complexity index is 456. The molecule has 1 nitrogen and oxygen atoms in total. The molecule has 19 heavy (non-hydrogen) atoms. The van der Waals surface area contributed by atoms with Gasteiger partial charge in [-0.2, -0.15) is 0 Å². The van der Waals surface area contributed by atoms with E-state index in [2.05, 4.69) is 46.4 Å². The van der Waals surface area contributed by atoms with E-state index in [9.17, 15) is 0 Å². The third-order valence-corrected chi connectivity index (χ3v) is 4.39. The molecule has 104 valence electrons. The van der Waals surface area contributed by atoms with Crippen molar-refractivity contribution in [2.45, 2.75) is 45.1 Å². The van der Waals surface area contributed by atoms with E-state index in [0.717, 1.165) is 22.5 Å². The van der Waals surface area contributed by atoms with Crippen LogP contribution in [0.4, 0.5) is 0 Å². The molecule has 0 aliphatic heterocycles. The quantitative estimate of drug-likeness (QED) is 0.682. The Kier molecular flexibility index (Phi) is 5.93. The first kappa shape index (κ1) is 15.1. The highest BCUT2D eigenvalue weighted by molar-refractivity contribution is 9.10. The van der Waals surface area contributed by atoms with Crippen molar-refractivity contribution in [1.82, 2.24) is 5.32 Å². The summed E-state index contributed by atoms with van der Waals surface area (Å²) in [5.41, 5.74) is 2.70. The molecule has 1 aromatic carbocycles. The van der Waals surface area contributed by atoms with E-state index in [1.807, 2.05) is 6.07 Å². The lowest BCUT2D eigenvalue weighted by atomic mass is 9.89. The first-order chi connectivity index (χ1) is 9.22. The third-order valence-electron chi connectivity index (χ3n) is 3.57. The van der Waals surface area contributed by atoms with E-state index in [4.69, 9.17) is 11.6 Å². The van der Waals surface area contributed by atoms with Crippen LogP contribution in [0, 0.1) is 0 Å². The molecule has 1 unspecified atom stereocenters. The second-order valence-electron chi connectivity index (χ2n) is 5.08. The Morgan fingerprint density at radius 1 is 1.37 bits per heavy atom. The molecule has 0 saturated heterocycles. The van der Waals surface area contributed by atoms with Gasteiger partial charge in [0.05, 0.1) is 6.04 Å². The summed E-state index contributed by atoms with van der Waals surface area (Å²) in [5, 5.41) is 4.49. The molecule has 1 aliphatic carbocycles. The van der Waals surface area contributed by atoms with Gasteiger partial charge in [0.25, 0.3) is 0 Å². The fraction of sp³-hybridized carbons (Fsp3) is 0.500. The van der Waals surface area contributed by atoms with Crippen molar-refractivity contribution >= 4 is 27.5 Å². The molecule has 0 bridgehead atoms. The molecule has 0 saturated carbocycles. The van der Waals surface area contributed by atoms with E-state index in [-0.39, 0.29) is 6.04 Å². The zero-order valence-corrected chi connectivity index (χ0v) is 13.7. The molecule has 1 atom stereocenters. The van der Waals surface area contributed by atoms with Crippen LogP contribution < -0.4 is 5.32 Å². The molecule has 0 heterocycles. The summed E-state index contributed by atoms with van der Waals surface area (Å²) in [6.07, 6.45) is 8.54. The average molecular weight is 343 g/mol. The monoisotopic (exact) mass is 341 g/mol. The number of allylic oxidation sites excluding steroid dienone is 1. The Labute approximate surface area is 129 Å². The lowest BCUT2D eigenvalue weighted by molar-refractivity contribution is 0.547. The van der Waals surface area contributed by atoms with Crippen LogP contribution in [0.2, 0.25) is 5.02 Å². The number of nitrogens with one attached hydrogen (secondary N) is 1. The standard InChI is InChI=1S/C16H21BrClN/c1-2-10-19-16(12-6-4-3-5-7-12)14-9-8-13(17)11-15(14)18/h6,8-9,11,16,19H,2-5,7,10H2,1H3. The number of benzene rings is 1. The van der Waals surface area contributed by atoms with Crippen LogP contribution in [0.15, 0.2) is 34.3 Å². The highest BCUT2D eigenvalue weighted by Gasteiger charge is 2.19. The van der Waals surface area contributed by atoms with Crippen molar-refractivity contribution in [3.8, 4) is 0 Å². The second-order valence-corrected chi connectivity index (χ2v) is 6.40. The van der Waals surface area contributed by atoms with Gasteiger partial charge in [0.15, 0.2) is 0 Å². The van der Waals surface area contributed by atoms with Gasteiger partial charge in [-0.15, -0.1) is 0 Å². The normalized spacial score (nSPS) is 17.1. The van der Waals surface area contributed by atoms with Gasteiger partial charge in [-0.25, -0.2) is 0 Å². The van der Waals surface area contributed by atoms with Crippen LogP contribution in [-0.4, -0.2) is 6.54 Å². The van der Waals surface area contributed by atoms with Gasteiger partial charge in [0, 0.05) is 9.50 Å². The predicted molar refractivity (Wildman–Crippen MR) is 86.7 cm³/mol. The van der Waals surface area contributed by atoms with E-state index < -0.39 is 0 Å². The van der Waals surface area contributed by atoms with Gasteiger partial charge < -0.3 is 5.32 Å². The Balaban J connectivity index is 2.27. The number of hydrogen-bond donors (Lipinski definition) is 1. The Hall–Kier alpha value is -0.310. The summed E-state index contributed by atoms with van der Waals surface area (Å²) < 4.78 is 1.04. The Morgan fingerprint density at radius 3 is 2.84 bits per heavy atom. The highest BCUT2D eigenvalue weighted by atomic mass is 79.9. The molecule has 1 aromatic rings. The van der Waals surface area contributed by atoms with Crippen LogP contribution in [0.25, 0.3) is 0 Å². The molecule has 3 heteroatoms. The number of hydrogen-bond acceptors (Lipinski definition) is 1. The molecule has 1 aliphatic rings. The first-order valence-electron chi connectivity index (χ1n) is 7.09. The van der Waals surface area contributed by atoms with Gasteiger partial charge in [0.1, 0.15) is 0 Å². The first-order valence-corrected chi connectivity index (χ1v) is 8.26. The largest absolute Gasteiger partial charge is 0.306 e. The second kappa shape index (κ2) is 7.47. The molecule has 2 rings (SSSR count). The molecular weight excluding hydrogens is 322 g/mol. The third kappa shape index (κ3) is 4.08. The molecular formula is C16H21BrClN. The molecule has 1 N–H and O–H groups in total. The highest BCUT2D eigenvalue weighted by Crippen LogP contribution is 2.34. The molecule has 0 amide bonds. The van der Waals surface area contributed by atoms with Gasteiger partial charge >= 0.3 is 0 Å². The summed E-state index contributed by atoms with van der Waals surface area (Å²) in [6, 6.07) is 6.47.